The van der Waals surface area contributed by atoms with E-state index in [0.717, 1.165) is 12.3 Å². The van der Waals surface area contributed by atoms with Gasteiger partial charge in [0.25, 0.3) is 0 Å². The Morgan fingerprint density at radius 3 is 2.38 bits per heavy atom. The first-order chi connectivity index (χ1) is 9.68. The Morgan fingerprint density at radius 1 is 0.952 bits per heavy atom. The minimum atomic E-state index is -0.292. The molecule has 7 atom stereocenters. The first kappa shape index (κ1) is 14.5. The highest BCUT2D eigenvalue weighted by molar-refractivity contribution is 5.27. The summed E-state index contributed by atoms with van der Waals surface area (Å²) >= 11 is 0. The largest absolute Gasteiger partial charge is 0.233 e. The van der Waals surface area contributed by atoms with Crippen molar-refractivity contribution in [3.05, 3.63) is 0 Å². The molecule has 0 N–H and O–H groups in total. The molecule has 1 unspecified atom stereocenters. The summed E-state index contributed by atoms with van der Waals surface area (Å²) in [5.41, 5.74) is 1.54. The Labute approximate surface area is 130 Å². The van der Waals surface area contributed by atoms with Crippen LogP contribution in [0.2, 0.25) is 0 Å². The van der Waals surface area contributed by atoms with Gasteiger partial charge in [-0.2, -0.15) is 0 Å². The molecule has 0 saturated heterocycles. The molecule has 1 heteroatoms. The van der Waals surface area contributed by atoms with Crippen LogP contribution in [0.4, 0.5) is 0 Å². The molecule has 0 bridgehead atoms. The highest BCUT2D eigenvalue weighted by Gasteiger charge is 2.79. The summed E-state index contributed by atoms with van der Waals surface area (Å²) in [6.45, 7) is 12.5. The molecule has 0 aromatic rings. The second-order valence-electron chi connectivity index (χ2n) is 10.4. The van der Waals surface area contributed by atoms with Crippen LogP contribution in [0.5, 0.6) is 0 Å². The monoisotopic (exact) mass is 289 g/mol. The van der Waals surface area contributed by atoms with E-state index in [2.05, 4.69) is 34.6 Å². The van der Waals surface area contributed by atoms with Crippen molar-refractivity contribution >= 4 is 0 Å². The van der Waals surface area contributed by atoms with Crippen molar-refractivity contribution in [2.24, 2.45) is 39.4 Å². The molecule has 0 aromatic carbocycles. The van der Waals surface area contributed by atoms with E-state index in [4.69, 9.17) is 0 Å². The molecule has 4 rings (SSSR count). The van der Waals surface area contributed by atoms with Gasteiger partial charge in [0.15, 0.2) is 0 Å². The van der Waals surface area contributed by atoms with Crippen LogP contribution in [0.1, 0.15) is 79.6 Å². The van der Waals surface area contributed by atoms with Crippen molar-refractivity contribution in [1.82, 2.24) is 0 Å². The van der Waals surface area contributed by atoms with E-state index in [-0.39, 0.29) is 6.10 Å². The van der Waals surface area contributed by atoms with Crippen molar-refractivity contribution < 1.29 is 5.11 Å². The minimum Gasteiger partial charge on any atom is -0.233 e. The molecular weight excluding hydrogens is 256 g/mol. The second kappa shape index (κ2) is 3.89. The second-order valence-corrected chi connectivity index (χ2v) is 10.4. The zero-order chi connectivity index (χ0) is 15.3. The van der Waals surface area contributed by atoms with Gasteiger partial charge in [0.05, 0.1) is 6.10 Å². The zero-order valence-corrected chi connectivity index (χ0v) is 14.7. The summed E-state index contributed by atoms with van der Waals surface area (Å²) in [7, 11) is 0. The molecule has 1 nitrogen and oxygen atoms in total. The van der Waals surface area contributed by atoms with E-state index >= 15 is 0 Å². The van der Waals surface area contributed by atoms with E-state index < -0.39 is 0 Å². The molecular formula is C20H33O. The fourth-order valence-corrected chi connectivity index (χ4v) is 9.03. The van der Waals surface area contributed by atoms with E-state index in [0.29, 0.717) is 33.5 Å². The van der Waals surface area contributed by atoms with Crippen molar-refractivity contribution in [1.29, 1.82) is 0 Å². The normalized spacial score (nSPS) is 61.4. The van der Waals surface area contributed by atoms with E-state index in [9.17, 15) is 5.11 Å². The molecule has 119 valence electrons. The maximum Gasteiger partial charge on any atom is 0.0971 e. The quantitative estimate of drug-likeness (QED) is 0.564. The predicted octanol–water partition coefficient (Wildman–Crippen LogP) is 5.46. The maximum absolute atomic E-state index is 13.1. The first-order valence-corrected chi connectivity index (χ1v) is 9.34. The smallest absolute Gasteiger partial charge is 0.0971 e. The van der Waals surface area contributed by atoms with Crippen LogP contribution in [-0.4, -0.2) is 6.10 Å². The molecule has 0 amide bonds. The maximum atomic E-state index is 13.1. The van der Waals surface area contributed by atoms with Crippen molar-refractivity contribution in [3.63, 3.8) is 0 Å². The van der Waals surface area contributed by atoms with Crippen LogP contribution in [0.25, 0.3) is 0 Å². The van der Waals surface area contributed by atoms with Gasteiger partial charge in [0.1, 0.15) is 0 Å². The Morgan fingerprint density at radius 2 is 1.67 bits per heavy atom. The van der Waals surface area contributed by atoms with Crippen molar-refractivity contribution in [3.8, 4) is 0 Å². The third kappa shape index (κ3) is 1.39. The molecule has 4 saturated carbocycles. The summed E-state index contributed by atoms with van der Waals surface area (Å²) in [6.07, 6.45) is 8.75. The minimum absolute atomic E-state index is 0.292. The molecule has 4 fully saturated rings. The summed E-state index contributed by atoms with van der Waals surface area (Å²) in [5, 5.41) is 13.1. The van der Waals surface area contributed by atoms with Crippen LogP contribution < -0.4 is 0 Å². The lowest BCUT2D eigenvalue weighted by Crippen LogP contribution is -2.50. The SMILES string of the molecule is C[C@@H]1CCC[C@@]2(C)CC[C@@H]3C(C)(C)C[C@@]4(C)C[C@@H]([O])[C@H]1C324. The van der Waals surface area contributed by atoms with Crippen molar-refractivity contribution in [2.45, 2.75) is 85.7 Å². The summed E-state index contributed by atoms with van der Waals surface area (Å²) in [6, 6.07) is 0. The van der Waals surface area contributed by atoms with Gasteiger partial charge in [0, 0.05) is 0 Å². The molecule has 1 spiro atoms. The number of rotatable bonds is 0. The molecule has 4 aliphatic rings. The topological polar surface area (TPSA) is 19.9 Å². The molecule has 0 aromatic heterocycles. The first-order valence-electron chi connectivity index (χ1n) is 9.34. The molecule has 0 aliphatic heterocycles. The third-order valence-corrected chi connectivity index (χ3v) is 8.90. The fraction of sp³-hybridized carbons (Fsp3) is 1.00. The lowest BCUT2D eigenvalue weighted by Gasteiger charge is -2.54. The lowest BCUT2D eigenvalue weighted by atomic mass is 9.50. The van der Waals surface area contributed by atoms with Crippen LogP contribution in [0.15, 0.2) is 0 Å². The van der Waals surface area contributed by atoms with Gasteiger partial charge in [-0.25, -0.2) is 5.11 Å². The Kier molecular flexibility index (Phi) is 2.69. The fourth-order valence-electron chi connectivity index (χ4n) is 9.03. The van der Waals surface area contributed by atoms with E-state index in [1.165, 1.54) is 38.5 Å². The third-order valence-electron chi connectivity index (χ3n) is 8.90. The van der Waals surface area contributed by atoms with Gasteiger partial charge >= 0.3 is 0 Å². The molecule has 21 heavy (non-hydrogen) atoms. The van der Waals surface area contributed by atoms with Gasteiger partial charge in [-0.15, -0.1) is 0 Å². The lowest BCUT2D eigenvalue weighted by molar-refractivity contribution is -0.0917. The molecule has 1 radical (unpaired) electrons. The number of hydrogen-bond acceptors (Lipinski definition) is 0. The highest BCUT2D eigenvalue weighted by atomic mass is 16.3. The van der Waals surface area contributed by atoms with Gasteiger partial charge < -0.3 is 0 Å². The Balaban J connectivity index is 1.98. The molecule has 0 heterocycles. The summed E-state index contributed by atoms with van der Waals surface area (Å²) < 4.78 is 0. The van der Waals surface area contributed by atoms with Crippen molar-refractivity contribution in [2.75, 3.05) is 0 Å². The Hall–Kier alpha value is -0.0400. The highest BCUT2D eigenvalue weighted by Crippen LogP contribution is 2.84. The predicted molar refractivity (Wildman–Crippen MR) is 85.4 cm³/mol. The van der Waals surface area contributed by atoms with Gasteiger partial charge in [-0.1, -0.05) is 47.5 Å². The van der Waals surface area contributed by atoms with Crippen LogP contribution in [0.3, 0.4) is 0 Å². The van der Waals surface area contributed by atoms with Gasteiger partial charge in [-0.3, -0.25) is 0 Å². The molecule has 4 aliphatic carbocycles. The van der Waals surface area contributed by atoms with Gasteiger partial charge in [0.2, 0.25) is 0 Å². The standard InChI is InChI=1S/C20H33O/c1-13-7-6-9-18(4)10-8-15-17(2,3)12-19(5)11-14(21)16(13)20(15,18)19/h13-16H,6-12H2,1-5H3/t13-,14-,15-,16+,18+,19-,20?/m1/s1. The summed E-state index contributed by atoms with van der Waals surface area (Å²) in [4.78, 5) is 0. The van der Waals surface area contributed by atoms with Gasteiger partial charge in [-0.05, 0) is 71.5 Å². The average Bonchev–Trinajstić information content (AvgIpc) is 2.77. The average molecular weight is 289 g/mol. The van der Waals surface area contributed by atoms with E-state index in [1.54, 1.807) is 0 Å². The van der Waals surface area contributed by atoms with Crippen LogP contribution in [0, 0.1) is 39.4 Å². The zero-order valence-electron chi connectivity index (χ0n) is 14.7. The van der Waals surface area contributed by atoms with E-state index in [1.807, 2.05) is 0 Å². The Bertz CT molecular complexity index is 464. The van der Waals surface area contributed by atoms with Crippen LogP contribution in [-0.2, 0) is 5.11 Å². The number of hydrogen-bond donors (Lipinski definition) is 0. The summed E-state index contributed by atoms with van der Waals surface area (Å²) in [5.74, 6) is 1.89. The van der Waals surface area contributed by atoms with Crippen LogP contribution >= 0.6 is 0 Å².